The smallest absolute Gasteiger partial charge is 0.303 e. The number of carboxylic acids is 2. The molecule has 0 aromatic carbocycles. The van der Waals surface area contributed by atoms with Crippen LogP contribution in [0.1, 0.15) is 93.2 Å². The third-order valence-electron chi connectivity index (χ3n) is 8.59. The van der Waals surface area contributed by atoms with Crippen LogP contribution in [-0.2, 0) is 22.4 Å². The zero-order chi connectivity index (χ0) is 31.2. The Morgan fingerprint density at radius 1 is 0.698 bits per heavy atom. The molecule has 4 aromatic rings. The van der Waals surface area contributed by atoms with Crippen molar-refractivity contribution in [1.82, 2.24) is 19.9 Å². The molecule has 0 aliphatic carbocycles. The molecule has 5 rings (SSSR count). The van der Waals surface area contributed by atoms with Crippen LogP contribution in [-0.4, -0.2) is 47.2 Å². The van der Waals surface area contributed by atoms with Crippen molar-refractivity contribution in [2.24, 2.45) is 0 Å². The van der Waals surface area contributed by atoms with Crippen molar-refractivity contribution in [2.45, 2.75) is 66.4 Å². The number of aromatic nitrogens is 4. The number of rotatable bonds is 8. The summed E-state index contributed by atoms with van der Waals surface area (Å²) in [5.74, 6) is -1.76. The van der Waals surface area contributed by atoms with Gasteiger partial charge in [0.25, 0.3) is 0 Å². The third kappa shape index (κ3) is 5.56. The molecule has 0 spiro atoms. The van der Waals surface area contributed by atoms with Gasteiger partial charge in [0.2, 0.25) is 0 Å². The van der Waals surface area contributed by atoms with E-state index in [9.17, 15) is 24.9 Å². The second kappa shape index (κ2) is 11.5. The minimum absolute atomic E-state index is 0.0217. The molecule has 5 heterocycles. The lowest BCUT2D eigenvalue weighted by Gasteiger charge is -2.05. The molecular weight excluding hydrogens is 544 g/mol. The number of H-pyrrole nitrogens is 4. The largest absolute Gasteiger partial charge is 0.481 e. The number of carbonyl (C=O) groups is 2. The van der Waals surface area contributed by atoms with Crippen molar-refractivity contribution >= 4 is 42.3 Å². The predicted molar refractivity (Wildman–Crippen MR) is 168 cm³/mol. The quantitative estimate of drug-likeness (QED) is 0.150. The van der Waals surface area contributed by atoms with Crippen molar-refractivity contribution in [2.75, 3.05) is 0 Å². The number of hydrogen-bond donors (Lipinski definition) is 7. The molecule has 1 atom stereocenters. The van der Waals surface area contributed by atoms with Gasteiger partial charge in [0.15, 0.2) is 0 Å². The number of aliphatic carboxylic acids is 2. The Labute approximate surface area is 248 Å². The van der Waals surface area contributed by atoms with Crippen molar-refractivity contribution < 1.29 is 24.9 Å². The summed E-state index contributed by atoms with van der Waals surface area (Å²) >= 11 is 0. The van der Waals surface area contributed by atoms with Gasteiger partial charge < -0.3 is 35.3 Å². The lowest BCUT2D eigenvalue weighted by atomic mass is 10.0. The molecule has 1 aliphatic rings. The Kier molecular flexibility index (Phi) is 7.94. The summed E-state index contributed by atoms with van der Waals surface area (Å²) in [5.41, 5.74) is 10.5. The predicted octanol–water partition coefficient (Wildman–Crippen LogP) is 2.59. The van der Waals surface area contributed by atoms with E-state index in [4.69, 9.17) is 0 Å². The molecule has 1 aliphatic heterocycles. The first-order valence-corrected chi connectivity index (χ1v) is 14.4. The minimum atomic E-state index is -0.884. The highest BCUT2D eigenvalue weighted by Crippen LogP contribution is 2.27. The van der Waals surface area contributed by atoms with Gasteiger partial charge in [0.1, 0.15) is 0 Å². The average molecular weight is 583 g/mol. The zero-order valence-electron chi connectivity index (χ0n) is 25.2. The molecule has 43 heavy (non-hydrogen) atoms. The second-order valence-electron chi connectivity index (χ2n) is 11.3. The van der Waals surface area contributed by atoms with Gasteiger partial charge in [-0.1, -0.05) is 12.7 Å². The number of hydrogen-bond acceptors (Lipinski definition) is 3. The first-order chi connectivity index (χ1) is 20.4. The summed E-state index contributed by atoms with van der Waals surface area (Å²) in [4.78, 5) is 37.2. The van der Waals surface area contributed by atoms with Gasteiger partial charge in [0.05, 0.1) is 6.10 Å². The highest BCUT2D eigenvalue weighted by atomic mass is 16.4. The average Bonchev–Trinajstić information content (AvgIpc) is 3.59. The Balaban J connectivity index is 1.93. The maximum Gasteiger partial charge on any atom is 0.303 e. The van der Waals surface area contributed by atoms with Gasteiger partial charge in [-0.05, 0) is 105 Å². The summed E-state index contributed by atoms with van der Waals surface area (Å²) in [6, 6.07) is 0. The Morgan fingerprint density at radius 3 is 1.84 bits per heavy atom. The Bertz CT molecular complexity index is 2030. The van der Waals surface area contributed by atoms with Crippen LogP contribution in [0.25, 0.3) is 30.4 Å². The van der Waals surface area contributed by atoms with Crippen LogP contribution in [0.2, 0.25) is 0 Å². The summed E-state index contributed by atoms with van der Waals surface area (Å²) in [6.45, 7) is 13.7. The maximum atomic E-state index is 11.6. The van der Waals surface area contributed by atoms with Crippen molar-refractivity contribution in [3.63, 3.8) is 0 Å². The molecular formula is C34H38N4O5. The van der Waals surface area contributed by atoms with Gasteiger partial charge in [-0.15, -0.1) is 0 Å². The molecule has 0 radical (unpaired) electrons. The number of fused-ring (bicyclic) bond motifs is 8. The van der Waals surface area contributed by atoms with Gasteiger partial charge in [-0.3, -0.25) is 9.59 Å². The van der Waals surface area contributed by atoms with Crippen molar-refractivity contribution in [3.05, 3.63) is 95.3 Å². The minimum Gasteiger partial charge on any atom is -0.481 e. The van der Waals surface area contributed by atoms with Crippen molar-refractivity contribution in [3.8, 4) is 0 Å². The van der Waals surface area contributed by atoms with Crippen LogP contribution in [0.4, 0.5) is 0 Å². The molecule has 0 saturated heterocycles. The Morgan fingerprint density at radius 2 is 1.21 bits per heavy atom. The van der Waals surface area contributed by atoms with E-state index in [0.717, 1.165) is 88.7 Å². The normalized spacial score (nSPS) is 13.0. The summed E-state index contributed by atoms with van der Waals surface area (Å²) in [6.07, 6.45) is 9.68. The van der Waals surface area contributed by atoms with E-state index in [0.29, 0.717) is 12.8 Å². The molecule has 0 amide bonds. The van der Waals surface area contributed by atoms with Crippen LogP contribution in [0.3, 0.4) is 0 Å². The van der Waals surface area contributed by atoms with E-state index in [2.05, 4.69) is 26.5 Å². The SMILES string of the molecule is C=Cc1c(C)c2[nH]c1=Cc1[nH]c(c(CCC(=O)O)c1C)C=c1[nH]c(c(C)c1CCC(=O)O)=Cc1[nH]c(c([C@@H](C)O)c1C)C=2. The molecule has 0 fully saturated rings. The van der Waals surface area contributed by atoms with E-state index < -0.39 is 18.0 Å². The second-order valence-corrected chi connectivity index (χ2v) is 11.3. The molecule has 9 nitrogen and oxygen atoms in total. The summed E-state index contributed by atoms with van der Waals surface area (Å²) in [7, 11) is 0. The van der Waals surface area contributed by atoms with Gasteiger partial charge in [0, 0.05) is 68.1 Å². The summed E-state index contributed by atoms with van der Waals surface area (Å²) < 4.78 is 0. The van der Waals surface area contributed by atoms with Crippen LogP contribution in [0, 0.1) is 27.7 Å². The van der Waals surface area contributed by atoms with E-state index in [1.54, 1.807) is 6.92 Å². The number of aromatic amines is 4. The monoisotopic (exact) mass is 582 g/mol. The van der Waals surface area contributed by atoms with Crippen molar-refractivity contribution in [1.29, 1.82) is 0 Å². The van der Waals surface area contributed by atoms with E-state index >= 15 is 0 Å². The number of aliphatic hydroxyl groups is 1. The third-order valence-corrected chi connectivity index (χ3v) is 8.59. The van der Waals surface area contributed by atoms with E-state index in [1.165, 1.54) is 0 Å². The lowest BCUT2D eigenvalue weighted by molar-refractivity contribution is -0.138. The molecule has 8 bridgehead atoms. The van der Waals surface area contributed by atoms with Crippen LogP contribution in [0.15, 0.2) is 6.58 Å². The molecule has 0 saturated carbocycles. The Hall–Kier alpha value is -4.76. The van der Waals surface area contributed by atoms with Gasteiger partial charge in [-0.2, -0.15) is 0 Å². The summed E-state index contributed by atoms with van der Waals surface area (Å²) in [5, 5.41) is 33.0. The van der Waals surface area contributed by atoms with E-state index in [-0.39, 0.29) is 12.8 Å². The number of carboxylic acid groups (broad SMARTS) is 2. The molecule has 9 heteroatoms. The van der Waals surface area contributed by atoms with Crippen LogP contribution >= 0.6 is 0 Å². The zero-order valence-corrected chi connectivity index (χ0v) is 25.2. The topological polar surface area (TPSA) is 158 Å². The number of aliphatic hydroxyl groups excluding tert-OH is 1. The van der Waals surface area contributed by atoms with E-state index in [1.807, 2.05) is 58.1 Å². The first kappa shape index (κ1) is 29.7. The maximum absolute atomic E-state index is 11.6. The fraction of sp³-hybridized carbons (Fsp3) is 0.294. The fourth-order valence-electron chi connectivity index (χ4n) is 6.20. The molecule has 7 N–H and O–H groups in total. The first-order valence-electron chi connectivity index (χ1n) is 14.4. The highest BCUT2D eigenvalue weighted by molar-refractivity contribution is 5.70. The number of nitrogens with one attached hydrogen (secondary N) is 4. The van der Waals surface area contributed by atoms with Gasteiger partial charge >= 0.3 is 11.9 Å². The fourth-order valence-corrected chi connectivity index (χ4v) is 6.20. The van der Waals surface area contributed by atoms with Gasteiger partial charge in [-0.25, -0.2) is 0 Å². The molecule has 224 valence electrons. The molecule has 0 unspecified atom stereocenters. The van der Waals surface area contributed by atoms with Crippen LogP contribution < -0.4 is 21.4 Å². The van der Waals surface area contributed by atoms with Crippen LogP contribution in [0.5, 0.6) is 0 Å². The standard InChI is InChI=1S/C34H38N4O5/c1-7-21-16(2)26-14-31-34(20(6)39)19(5)27(38-31)12-24-17(3)22(8-10-32(40)41)29(36-24)15-30-23(9-11-33(42)43)18(4)25(37-30)13-28(21)35-26/h7,12-15,20,35-39H,1,8-11H2,2-6H3,(H,40,41)(H,42,43)/t20-/m1/s1. The lowest BCUT2D eigenvalue weighted by Crippen LogP contribution is -2.14. The highest BCUT2D eigenvalue weighted by Gasteiger charge is 2.19. The molecule has 4 aromatic heterocycles.